The summed E-state index contributed by atoms with van der Waals surface area (Å²) in [6, 6.07) is 11.4. The van der Waals surface area contributed by atoms with Gasteiger partial charge in [0.2, 0.25) is 0 Å². The number of para-hydroxylation sites is 2. The average Bonchev–Trinajstić information content (AvgIpc) is 3.17. The van der Waals surface area contributed by atoms with E-state index in [0.717, 1.165) is 20.2 Å². The highest BCUT2D eigenvalue weighted by molar-refractivity contribution is 14.1. The lowest BCUT2D eigenvalue weighted by Crippen LogP contribution is -2.22. The van der Waals surface area contributed by atoms with Crippen LogP contribution >= 0.6 is 33.9 Å². The normalized spacial score (nSPS) is 11.8. The number of halogens is 1. The molecule has 0 spiro atoms. The number of rotatable bonds is 4. The van der Waals surface area contributed by atoms with E-state index in [1.807, 2.05) is 42.5 Å². The fraction of sp³-hybridized carbons (Fsp3) is 0.100. The van der Waals surface area contributed by atoms with Gasteiger partial charge in [0.05, 0.1) is 26.2 Å². The van der Waals surface area contributed by atoms with E-state index in [9.17, 15) is 4.79 Å². The van der Waals surface area contributed by atoms with Crippen molar-refractivity contribution in [3.05, 3.63) is 60.4 Å². The molecule has 0 bridgehead atoms. The molecule has 0 atom stereocenters. The van der Waals surface area contributed by atoms with Crippen LogP contribution in [0.3, 0.4) is 0 Å². The summed E-state index contributed by atoms with van der Waals surface area (Å²) in [6.45, 7) is 0.162. The van der Waals surface area contributed by atoms with Crippen LogP contribution in [0.1, 0.15) is 5.56 Å². The van der Waals surface area contributed by atoms with Crippen molar-refractivity contribution >= 4 is 56.0 Å². The summed E-state index contributed by atoms with van der Waals surface area (Å²) in [7, 11) is 1.57. The third-order valence-corrected chi connectivity index (χ3v) is 5.76. The molecular weight excluding hydrogens is 475 g/mol. The number of imidazole rings is 1. The first-order valence-corrected chi connectivity index (χ1v) is 9.87. The number of hydrogen-bond acceptors (Lipinski definition) is 5. The van der Waals surface area contributed by atoms with Crippen molar-refractivity contribution in [1.29, 1.82) is 0 Å². The molecule has 7 heteroatoms. The van der Waals surface area contributed by atoms with Crippen molar-refractivity contribution in [1.82, 2.24) is 9.38 Å². The van der Waals surface area contributed by atoms with Gasteiger partial charge in [0.1, 0.15) is 6.61 Å². The fourth-order valence-electron chi connectivity index (χ4n) is 2.84. The van der Waals surface area contributed by atoms with Crippen LogP contribution in [0, 0.1) is 15.9 Å². The van der Waals surface area contributed by atoms with Crippen molar-refractivity contribution in [2.24, 2.45) is 0 Å². The summed E-state index contributed by atoms with van der Waals surface area (Å²) < 4.78 is 14.1. The first-order chi connectivity index (χ1) is 13.1. The van der Waals surface area contributed by atoms with Crippen LogP contribution in [0.15, 0.2) is 41.2 Å². The monoisotopic (exact) mass is 488 g/mol. The Bertz CT molecular complexity index is 1320. The predicted octanol–water partition coefficient (Wildman–Crippen LogP) is 3.08. The molecule has 4 rings (SSSR count). The Labute approximate surface area is 172 Å². The minimum Gasteiger partial charge on any atom is -0.493 e. The molecule has 0 fully saturated rings. The molecule has 0 N–H and O–H groups in total. The SMILES string of the molecule is C#CCOc1c(I)cc(/C=c2\sc3nc4ccccc4n3c2=O)cc1OC. The molecule has 0 saturated heterocycles. The number of hydrogen-bond donors (Lipinski definition) is 0. The van der Waals surface area contributed by atoms with Crippen molar-refractivity contribution in [2.75, 3.05) is 13.7 Å². The zero-order valence-electron chi connectivity index (χ0n) is 14.2. The summed E-state index contributed by atoms with van der Waals surface area (Å²) in [5, 5.41) is 0. The Morgan fingerprint density at radius 3 is 2.96 bits per heavy atom. The van der Waals surface area contributed by atoms with Gasteiger partial charge in [-0.1, -0.05) is 29.4 Å². The van der Waals surface area contributed by atoms with Crippen LogP contribution in [0.25, 0.3) is 22.1 Å². The maximum absolute atomic E-state index is 12.9. The van der Waals surface area contributed by atoms with Gasteiger partial charge in [0.15, 0.2) is 16.5 Å². The summed E-state index contributed by atoms with van der Waals surface area (Å²) in [5.74, 6) is 3.62. The molecule has 2 aromatic heterocycles. The first-order valence-electron chi connectivity index (χ1n) is 7.98. The van der Waals surface area contributed by atoms with Crippen molar-refractivity contribution in [3.63, 3.8) is 0 Å². The van der Waals surface area contributed by atoms with E-state index in [-0.39, 0.29) is 12.2 Å². The number of benzene rings is 2. The van der Waals surface area contributed by atoms with Gasteiger partial charge in [-0.15, -0.1) is 6.42 Å². The molecule has 134 valence electrons. The van der Waals surface area contributed by atoms with Gasteiger partial charge >= 0.3 is 0 Å². The van der Waals surface area contributed by atoms with E-state index in [1.54, 1.807) is 11.5 Å². The molecule has 27 heavy (non-hydrogen) atoms. The minimum absolute atomic E-state index is 0.0784. The zero-order valence-corrected chi connectivity index (χ0v) is 17.2. The van der Waals surface area contributed by atoms with E-state index in [1.165, 1.54) is 11.3 Å². The number of aromatic nitrogens is 2. The van der Waals surface area contributed by atoms with Crippen LogP contribution in [0.5, 0.6) is 11.5 Å². The Balaban J connectivity index is 1.86. The van der Waals surface area contributed by atoms with E-state index >= 15 is 0 Å². The first kappa shape index (κ1) is 17.8. The summed E-state index contributed by atoms with van der Waals surface area (Å²) in [5.41, 5.74) is 2.40. The molecule has 4 aromatic rings. The maximum Gasteiger partial charge on any atom is 0.274 e. The van der Waals surface area contributed by atoms with Gasteiger partial charge in [0.25, 0.3) is 5.56 Å². The quantitative estimate of drug-likeness (QED) is 0.328. The third kappa shape index (κ3) is 3.15. The van der Waals surface area contributed by atoms with Crippen LogP contribution in [0.4, 0.5) is 0 Å². The molecule has 0 amide bonds. The number of fused-ring (bicyclic) bond motifs is 3. The van der Waals surface area contributed by atoms with Gasteiger partial charge < -0.3 is 9.47 Å². The molecule has 2 heterocycles. The van der Waals surface area contributed by atoms with Gasteiger partial charge in [-0.2, -0.15) is 0 Å². The van der Waals surface area contributed by atoms with Gasteiger partial charge in [-0.05, 0) is 58.5 Å². The summed E-state index contributed by atoms with van der Waals surface area (Å²) in [6.07, 6.45) is 7.11. The highest BCUT2D eigenvalue weighted by Gasteiger charge is 2.13. The molecule has 2 aromatic carbocycles. The smallest absolute Gasteiger partial charge is 0.274 e. The highest BCUT2D eigenvalue weighted by Crippen LogP contribution is 2.34. The predicted molar refractivity (Wildman–Crippen MR) is 116 cm³/mol. The van der Waals surface area contributed by atoms with E-state index in [4.69, 9.17) is 15.9 Å². The topological polar surface area (TPSA) is 52.8 Å². The molecule has 0 radical (unpaired) electrons. The lowest BCUT2D eigenvalue weighted by molar-refractivity contribution is 0.328. The second kappa shape index (κ2) is 7.21. The average molecular weight is 488 g/mol. The largest absolute Gasteiger partial charge is 0.493 e. The molecule has 0 aliphatic heterocycles. The molecule has 0 unspecified atom stereocenters. The van der Waals surface area contributed by atoms with Crippen LogP contribution in [-0.4, -0.2) is 23.1 Å². The standard InChI is InChI=1S/C20H13IN2O3S/c1-3-8-26-18-13(21)9-12(10-16(18)25-2)11-17-19(24)23-15-7-5-4-6-14(15)22-20(23)27-17/h1,4-7,9-11H,8H2,2H3/b17-11-. The highest BCUT2D eigenvalue weighted by atomic mass is 127. The summed E-state index contributed by atoms with van der Waals surface area (Å²) >= 11 is 3.53. The number of thiazole rings is 1. The van der Waals surface area contributed by atoms with Crippen LogP contribution in [0.2, 0.25) is 0 Å². The second-order valence-electron chi connectivity index (χ2n) is 5.66. The van der Waals surface area contributed by atoms with Crippen molar-refractivity contribution in [2.45, 2.75) is 0 Å². The molecule has 0 aliphatic carbocycles. The van der Waals surface area contributed by atoms with Crippen LogP contribution < -0.4 is 19.6 Å². The number of methoxy groups -OCH3 is 1. The van der Waals surface area contributed by atoms with E-state index in [2.05, 4.69) is 33.5 Å². The van der Waals surface area contributed by atoms with Crippen molar-refractivity contribution < 1.29 is 9.47 Å². The van der Waals surface area contributed by atoms with E-state index in [0.29, 0.717) is 21.0 Å². The number of ether oxygens (including phenoxy) is 2. The van der Waals surface area contributed by atoms with Crippen LogP contribution in [-0.2, 0) is 0 Å². The Hall–Kier alpha value is -2.57. The van der Waals surface area contributed by atoms with Gasteiger partial charge in [-0.3, -0.25) is 4.79 Å². The molecule has 0 aliphatic rings. The second-order valence-corrected chi connectivity index (χ2v) is 7.83. The van der Waals surface area contributed by atoms with Crippen molar-refractivity contribution in [3.8, 4) is 23.8 Å². The molecule has 0 saturated carbocycles. The third-order valence-electron chi connectivity index (χ3n) is 3.99. The fourth-order valence-corrected chi connectivity index (χ4v) is 4.61. The van der Waals surface area contributed by atoms with Gasteiger partial charge in [0, 0.05) is 0 Å². The Morgan fingerprint density at radius 1 is 1.37 bits per heavy atom. The number of nitrogens with zero attached hydrogens (tertiary/aromatic N) is 2. The lowest BCUT2D eigenvalue weighted by Gasteiger charge is -2.11. The minimum atomic E-state index is -0.0784. The summed E-state index contributed by atoms with van der Waals surface area (Å²) in [4.78, 5) is 18.1. The zero-order chi connectivity index (χ0) is 19.0. The number of terminal acetylenes is 1. The van der Waals surface area contributed by atoms with Gasteiger partial charge in [-0.25, -0.2) is 9.38 Å². The molecule has 5 nitrogen and oxygen atoms in total. The van der Waals surface area contributed by atoms with E-state index < -0.39 is 0 Å². The maximum atomic E-state index is 12.9. The Kier molecular flexibility index (Phi) is 4.76. The molecular formula is C20H13IN2O3S. The Morgan fingerprint density at radius 2 is 2.19 bits per heavy atom. The lowest BCUT2D eigenvalue weighted by atomic mass is 10.2.